The summed E-state index contributed by atoms with van der Waals surface area (Å²) >= 11 is 4.43. The Balaban J connectivity index is 1.74. The van der Waals surface area contributed by atoms with Crippen LogP contribution in [0.4, 0.5) is 0 Å². The van der Waals surface area contributed by atoms with Crippen molar-refractivity contribution >= 4 is 57.2 Å². The number of benzene rings is 3. The van der Waals surface area contributed by atoms with Gasteiger partial charge in [-0.05, 0) is 87.0 Å². The number of nitriles is 1. The maximum absolute atomic E-state index is 12.6. The van der Waals surface area contributed by atoms with Crippen LogP contribution in [0, 0.1) is 18.5 Å². The molecule has 0 aromatic heterocycles. The summed E-state index contributed by atoms with van der Waals surface area (Å²) in [6.07, 6.45) is 1.61. The molecule has 1 N–H and O–H groups in total. The van der Waals surface area contributed by atoms with E-state index < -0.39 is 5.91 Å². The van der Waals surface area contributed by atoms with Gasteiger partial charge in [-0.25, -0.2) is 0 Å². The van der Waals surface area contributed by atoms with Crippen molar-refractivity contribution in [1.82, 2.24) is 5.32 Å². The van der Waals surface area contributed by atoms with Gasteiger partial charge in [-0.3, -0.25) is 4.79 Å². The maximum Gasteiger partial charge on any atom is 0.262 e. The van der Waals surface area contributed by atoms with E-state index in [0.717, 1.165) is 29.6 Å². The third-order valence-corrected chi connectivity index (χ3v) is 6.17. The van der Waals surface area contributed by atoms with Gasteiger partial charge in [0.05, 0.1) is 13.2 Å². The lowest BCUT2D eigenvalue weighted by Gasteiger charge is -2.14. The SMILES string of the molecule is C[C@H](NC(=O)/C(C#N)=C/c1cc(I)c(OCc2ccccc2)c(I)c1)c1ccccc1. The summed E-state index contributed by atoms with van der Waals surface area (Å²) in [6.45, 7) is 2.37. The highest BCUT2D eigenvalue weighted by Crippen LogP contribution is 2.30. The highest BCUT2D eigenvalue weighted by Gasteiger charge is 2.15. The van der Waals surface area contributed by atoms with Gasteiger partial charge in [0.25, 0.3) is 5.91 Å². The average molecular weight is 634 g/mol. The van der Waals surface area contributed by atoms with Crippen molar-refractivity contribution in [1.29, 1.82) is 5.26 Å². The van der Waals surface area contributed by atoms with Gasteiger partial charge in [0.1, 0.15) is 24.0 Å². The van der Waals surface area contributed by atoms with Crippen LogP contribution >= 0.6 is 45.2 Å². The van der Waals surface area contributed by atoms with Gasteiger partial charge in [0.15, 0.2) is 0 Å². The fourth-order valence-electron chi connectivity index (χ4n) is 2.95. The van der Waals surface area contributed by atoms with E-state index in [9.17, 15) is 10.1 Å². The number of halogens is 2. The number of hydrogen-bond acceptors (Lipinski definition) is 3. The van der Waals surface area contributed by atoms with Crippen molar-refractivity contribution in [3.8, 4) is 11.8 Å². The highest BCUT2D eigenvalue weighted by atomic mass is 127. The Morgan fingerprint density at radius 1 is 1.06 bits per heavy atom. The molecule has 31 heavy (non-hydrogen) atoms. The third-order valence-electron chi connectivity index (χ3n) is 4.57. The quantitative estimate of drug-likeness (QED) is 0.190. The first kappa shape index (κ1) is 23.3. The van der Waals surface area contributed by atoms with Crippen molar-refractivity contribution in [3.05, 3.63) is 102 Å². The summed E-state index contributed by atoms with van der Waals surface area (Å²) in [7, 11) is 0. The van der Waals surface area contributed by atoms with Crippen molar-refractivity contribution < 1.29 is 9.53 Å². The molecule has 3 aromatic rings. The lowest BCUT2D eigenvalue weighted by molar-refractivity contribution is -0.117. The van der Waals surface area contributed by atoms with E-state index in [1.807, 2.05) is 85.8 Å². The second-order valence-corrected chi connectivity index (χ2v) is 9.19. The molecule has 0 fully saturated rings. The van der Waals surface area contributed by atoms with Crippen LogP contribution < -0.4 is 10.1 Å². The van der Waals surface area contributed by atoms with Gasteiger partial charge in [-0.15, -0.1) is 0 Å². The fraction of sp³-hybridized carbons (Fsp3) is 0.120. The van der Waals surface area contributed by atoms with E-state index in [-0.39, 0.29) is 11.6 Å². The zero-order valence-electron chi connectivity index (χ0n) is 16.8. The van der Waals surface area contributed by atoms with Crippen LogP contribution in [-0.4, -0.2) is 5.91 Å². The largest absolute Gasteiger partial charge is 0.487 e. The Hall–Kier alpha value is -2.38. The number of amides is 1. The minimum atomic E-state index is -0.395. The number of nitrogens with one attached hydrogen (secondary N) is 1. The first-order chi connectivity index (χ1) is 15.0. The summed E-state index contributed by atoms with van der Waals surface area (Å²) in [5.41, 5.74) is 2.92. The van der Waals surface area contributed by atoms with Crippen LogP contribution in [0.5, 0.6) is 5.75 Å². The number of hydrogen-bond donors (Lipinski definition) is 1. The molecule has 1 atom stereocenters. The van der Waals surface area contributed by atoms with Crippen LogP contribution in [0.2, 0.25) is 0 Å². The fourth-order valence-corrected chi connectivity index (χ4v) is 5.07. The molecule has 0 spiro atoms. The van der Waals surface area contributed by atoms with E-state index >= 15 is 0 Å². The number of rotatable bonds is 7. The number of carbonyl (C=O) groups is 1. The zero-order chi connectivity index (χ0) is 22.2. The summed E-state index contributed by atoms with van der Waals surface area (Å²) in [5.74, 6) is 0.399. The molecule has 156 valence electrons. The Morgan fingerprint density at radius 3 is 2.23 bits per heavy atom. The lowest BCUT2D eigenvalue weighted by Crippen LogP contribution is -2.27. The minimum Gasteiger partial charge on any atom is -0.487 e. The van der Waals surface area contributed by atoms with Gasteiger partial charge < -0.3 is 10.1 Å². The summed E-state index contributed by atoms with van der Waals surface area (Å²) in [5, 5.41) is 12.4. The number of ether oxygens (including phenoxy) is 1. The molecule has 0 aliphatic carbocycles. The number of carbonyl (C=O) groups excluding carboxylic acids is 1. The van der Waals surface area contributed by atoms with Crippen LogP contribution in [-0.2, 0) is 11.4 Å². The molecule has 0 bridgehead atoms. The Labute approximate surface area is 209 Å². The smallest absolute Gasteiger partial charge is 0.262 e. The van der Waals surface area contributed by atoms with E-state index in [1.54, 1.807) is 6.08 Å². The standard InChI is InChI=1S/C25H20I2N2O2/c1-17(20-10-6-3-7-11-20)29-25(30)21(15-28)12-19-13-22(26)24(23(27)14-19)31-16-18-8-4-2-5-9-18/h2-14,17H,16H2,1H3,(H,29,30)/b21-12+/t17-/m0/s1. The molecule has 0 unspecified atom stereocenters. The monoisotopic (exact) mass is 634 g/mol. The Kier molecular flexibility index (Phi) is 8.49. The molecule has 6 heteroatoms. The van der Waals surface area contributed by atoms with Crippen molar-refractivity contribution in [2.45, 2.75) is 19.6 Å². The van der Waals surface area contributed by atoms with Crippen molar-refractivity contribution in [3.63, 3.8) is 0 Å². The molecule has 0 radical (unpaired) electrons. The predicted octanol–water partition coefficient (Wildman–Crippen LogP) is 6.26. The molecular formula is C25H20I2N2O2. The van der Waals surface area contributed by atoms with Crippen LogP contribution in [0.3, 0.4) is 0 Å². The van der Waals surface area contributed by atoms with E-state index in [2.05, 4.69) is 50.5 Å². The maximum atomic E-state index is 12.6. The topological polar surface area (TPSA) is 62.1 Å². The van der Waals surface area contributed by atoms with E-state index in [1.165, 1.54) is 0 Å². The van der Waals surface area contributed by atoms with Crippen molar-refractivity contribution in [2.24, 2.45) is 0 Å². The minimum absolute atomic E-state index is 0.0623. The molecule has 0 aliphatic heterocycles. The number of nitrogens with zero attached hydrogens (tertiary/aromatic N) is 1. The molecule has 3 aromatic carbocycles. The molecule has 0 aliphatic rings. The molecular weight excluding hydrogens is 614 g/mol. The van der Waals surface area contributed by atoms with Gasteiger partial charge in [-0.1, -0.05) is 60.7 Å². The molecule has 0 saturated heterocycles. The van der Waals surface area contributed by atoms with Crippen LogP contribution in [0.15, 0.2) is 78.4 Å². The van der Waals surface area contributed by atoms with Crippen LogP contribution in [0.25, 0.3) is 6.08 Å². The van der Waals surface area contributed by atoms with Gasteiger partial charge >= 0.3 is 0 Å². The van der Waals surface area contributed by atoms with Crippen LogP contribution in [0.1, 0.15) is 29.7 Å². The highest BCUT2D eigenvalue weighted by molar-refractivity contribution is 14.1. The van der Waals surface area contributed by atoms with Gasteiger partial charge in [0, 0.05) is 0 Å². The third kappa shape index (κ3) is 6.55. The second-order valence-electron chi connectivity index (χ2n) is 6.86. The Morgan fingerprint density at radius 2 is 1.65 bits per heavy atom. The zero-order valence-corrected chi connectivity index (χ0v) is 21.1. The first-order valence-electron chi connectivity index (χ1n) is 9.61. The lowest BCUT2D eigenvalue weighted by atomic mass is 10.1. The first-order valence-corrected chi connectivity index (χ1v) is 11.8. The second kappa shape index (κ2) is 11.3. The summed E-state index contributed by atoms with van der Waals surface area (Å²) in [4.78, 5) is 12.6. The normalized spacial score (nSPS) is 12.0. The summed E-state index contributed by atoms with van der Waals surface area (Å²) < 4.78 is 7.85. The molecule has 4 nitrogen and oxygen atoms in total. The summed E-state index contributed by atoms with van der Waals surface area (Å²) in [6, 6.07) is 25.3. The van der Waals surface area contributed by atoms with E-state index in [0.29, 0.717) is 6.61 Å². The van der Waals surface area contributed by atoms with E-state index in [4.69, 9.17) is 4.74 Å². The predicted molar refractivity (Wildman–Crippen MR) is 139 cm³/mol. The molecule has 0 saturated carbocycles. The molecule has 0 heterocycles. The van der Waals surface area contributed by atoms with Crippen molar-refractivity contribution in [2.75, 3.05) is 0 Å². The molecule has 1 amide bonds. The average Bonchev–Trinajstić information content (AvgIpc) is 2.78. The molecule has 3 rings (SSSR count). The van der Waals surface area contributed by atoms with Gasteiger partial charge in [0.2, 0.25) is 0 Å². The Bertz CT molecular complexity index is 1100. The van der Waals surface area contributed by atoms with Gasteiger partial charge in [-0.2, -0.15) is 5.26 Å².